The standard InChI is InChI=1S/C37H27N5/c38-33(27-12-4-1-5-13-27)24-25-34(39)28-22-20-26(21-23-28)31-18-10-11-19-32(31)37-41-35(29-14-6-2-7-15-29)40-36(42-37)30-16-8-3-9-17-30/h1-25,38-39H/b25-24-,38-33?,39-34?. The molecule has 5 nitrogen and oxygen atoms in total. The average molecular weight is 542 g/mol. The summed E-state index contributed by atoms with van der Waals surface area (Å²) < 4.78 is 0. The van der Waals surface area contributed by atoms with E-state index in [2.05, 4.69) is 6.07 Å². The highest BCUT2D eigenvalue weighted by atomic mass is 15.0. The Morgan fingerprint density at radius 2 is 0.786 bits per heavy atom. The van der Waals surface area contributed by atoms with E-state index in [1.165, 1.54) is 0 Å². The summed E-state index contributed by atoms with van der Waals surface area (Å²) in [5, 5.41) is 16.8. The maximum Gasteiger partial charge on any atom is 0.164 e. The predicted molar refractivity (Wildman–Crippen MR) is 171 cm³/mol. The summed E-state index contributed by atoms with van der Waals surface area (Å²) in [6.45, 7) is 0. The molecule has 0 bridgehead atoms. The first kappa shape index (κ1) is 26.4. The molecule has 0 saturated carbocycles. The summed E-state index contributed by atoms with van der Waals surface area (Å²) in [5.74, 6) is 1.83. The number of hydrogen-bond acceptors (Lipinski definition) is 5. The smallest absolute Gasteiger partial charge is 0.164 e. The van der Waals surface area contributed by atoms with E-state index in [-0.39, 0.29) is 0 Å². The molecule has 2 N–H and O–H groups in total. The third kappa shape index (κ3) is 5.86. The van der Waals surface area contributed by atoms with Crippen LogP contribution in [0.5, 0.6) is 0 Å². The van der Waals surface area contributed by atoms with Gasteiger partial charge in [0.25, 0.3) is 0 Å². The molecule has 5 heteroatoms. The number of nitrogens with zero attached hydrogens (tertiary/aromatic N) is 3. The topological polar surface area (TPSA) is 86.4 Å². The van der Waals surface area contributed by atoms with Gasteiger partial charge < -0.3 is 10.8 Å². The van der Waals surface area contributed by atoms with Crippen molar-refractivity contribution in [1.29, 1.82) is 10.8 Å². The molecule has 1 aromatic heterocycles. The number of hydrogen-bond donors (Lipinski definition) is 2. The van der Waals surface area contributed by atoms with Crippen LogP contribution in [0.3, 0.4) is 0 Å². The first-order valence-electron chi connectivity index (χ1n) is 13.6. The first-order valence-corrected chi connectivity index (χ1v) is 13.6. The van der Waals surface area contributed by atoms with Crippen LogP contribution < -0.4 is 0 Å². The van der Waals surface area contributed by atoms with Gasteiger partial charge in [0.15, 0.2) is 17.5 Å². The first-order chi connectivity index (χ1) is 20.7. The van der Waals surface area contributed by atoms with Crippen LogP contribution in [0, 0.1) is 10.8 Å². The molecule has 6 aromatic rings. The zero-order valence-corrected chi connectivity index (χ0v) is 22.8. The molecule has 0 saturated heterocycles. The van der Waals surface area contributed by atoms with Crippen LogP contribution in [0.4, 0.5) is 0 Å². The van der Waals surface area contributed by atoms with Crippen LogP contribution in [0.15, 0.2) is 152 Å². The summed E-state index contributed by atoms with van der Waals surface area (Å²) in [4.78, 5) is 14.6. The molecule has 0 spiro atoms. The van der Waals surface area contributed by atoms with Crippen LogP contribution >= 0.6 is 0 Å². The SMILES string of the molecule is N=C(/C=C\C(=N)c1ccc(-c2ccccc2-c2nc(-c3ccccc3)nc(-c3ccccc3)n2)cc1)c1ccccc1. The van der Waals surface area contributed by atoms with Gasteiger partial charge in [-0.3, -0.25) is 0 Å². The summed E-state index contributed by atoms with van der Waals surface area (Å²) in [7, 11) is 0. The molecule has 0 atom stereocenters. The van der Waals surface area contributed by atoms with Crippen LogP contribution in [0.25, 0.3) is 45.3 Å². The van der Waals surface area contributed by atoms with Crippen LogP contribution in [0.1, 0.15) is 11.1 Å². The van der Waals surface area contributed by atoms with Crippen molar-refractivity contribution in [3.8, 4) is 45.3 Å². The van der Waals surface area contributed by atoms with Gasteiger partial charge in [0.1, 0.15) is 0 Å². The summed E-state index contributed by atoms with van der Waals surface area (Å²) >= 11 is 0. The lowest BCUT2D eigenvalue weighted by Gasteiger charge is -2.12. The molecular weight excluding hydrogens is 514 g/mol. The Morgan fingerprint density at radius 1 is 0.381 bits per heavy atom. The highest BCUT2D eigenvalue weighted by Gasteiger charge is 2.15. The van der Waals surface area contributed by atoms with E-state index < -0.39 is 0 Å². The van der Waals surface area contributed by atoms with Crippen molar-refractivity contribution in [2.45, 2.75) is 0 Å². The van der Waals surface area contributed by atoms with Gasteiger partial charge in [-0.1, -0.05) is 140 Å². The van der Waals surface area contributed by atoms with Gasteiger partial charge in [0.2, 0.25) is 0 Å². The van der Waals surface area contributed by atoms with E-state index in [0.717, 1.165) is 38.9 Å². The molecule has 6 rings (SSSR count). The fourth-order valence-corrected chi connectivity index (χ4v) is 4.67. The molecule has 42 heavy (non-hydrogen) atoms. The maximum atomic E-state index is 8.54. The van der Waals surface area contributed by atoms with E-state index >= 15 is 0 Å². The second-order valence-corrected chi connectivity index (χ2v) is 9.69. The highest BCUT2D eigenvalue weighted by Crippen LogP contribution is 2.32. The third-order valence-corrected chi connectivity index (χ3v) is 6.88. The Labute approximate surface area is 245 Å². The van der Waals surface area contributed by atoms with Gasteiger partial charge in [-0.2, -0.15) is 0 Å². The van der Waals surface area contributed by atoms with Gasteiger partial charge in [-0.05, 0) is 34.4 Å². The predicted octanol–water partition coefficient (Wildman–Crippen LogP) is 8.53. The Morgan fingerprint density at radius 3 is 1.31 bits per heavy atom. The van der Waals surface area contributed by atoms with Crippen molar-refractivity contribution in [3.63, 3.8) is 0 Å². The Balaban J connectivity index is 1.34. The van der Waals surface area contributed by atoms with Crippen molar-refractivity contribution in [3.05, 3.63) is 163 Å². The van der Waals surface area contributed by atoms with Crippen molar-refractivity contribution >= 4 is 11.4 Å². The van der Waals surface area contributed by atoms with E-state index in [9.17, 15) is 0 Å². The van der Waals surface area contributed by atoms with Crippen molar-refractivity contribution in [2.24, 2.45) is 0 Å². The molecule has 5 aromatic carbocycles. The minimum absolute atomic E-state index is 0.341. The van der Waals surface area contributed by atoms with Crippen LogP contribution in [0.2, 0.25) is 0 Å². The lowest BCUT2D eigenvalue weighted by Crippen LogP contribution is -2.01. The van der Waals surface area contributed by atoms with Crippen LogP contribution in [-0.4, -0.2) is 26.4 Å². The fourth-order valence-electron chi connectivity index (χ4n) is 4.67. The zero-order chi connectivity index (χ0) is 28.7. The number of rotatable bonds is 8. The molecular formula is C37H27N5. The molecule has 0 fully saturated rings. The van der Waals surface area contributed by atoms with Gasteiger partial charge in [-0.15, -0.1) is 0 Å². The largest absolute Gasteiger partial charge is 0.300 e. The zero-order valence-electron chi connectivity index (χ0n) is 22.8. The Hall–Kier alpha value is -5.81. The molecule has 0 amide bonds. The molecule has 0 aliphatic carbocycles. The van der Waals surface area contributed by atoms with E-state index in [1.807, 2.05) is 133 Å². The van der Waals surface area contributed by atoms with E-state index in [4.69, 9.17) is 25.8 Å². The number of aromatic nitrogens is 3. The molecule has 0 unspecified atom stereocenters. The van der Waals surface area contributed by atoms with E-state index in [0.29, 0.717) is 28.9 Å². The second kappa shape index (κ2) is 12.1. The van der Waals surface area contributed by atoms with Gasteiger partial charge >= 0.3 is 0 Å². The molecule has 0 aliphatic rings. The van der Waals surface area contributed by atoms with Crippen molar-refractivity contribution in [2.75, 3.05) is 0 Å². The van der Waals surface area contributed by atoms with Gasteiger partial charge in [-0.25, -0.2) is 15.0 Å². The quantitative estimate of drug-likeness (QED) is 0.189. The van der Waals surface area contributed by atoms with Crippen LogP contribution in [-0.2, 0) is 0 Å². The Kier molecular flexibility index (Phi) is 7.64. The van der Waals surface area contributed by atoms with Gasteiger partial charge in [0.05, 0.1) is 11.4 Å². The molecule has 0 aliphatic heterocycles. The monoisotopic (exact) mass is 541 g/mol. The molecule has 200 valence electrons. The fraction of sp³-hybridized carbons (Fsp3) is 0. The lowest BCUT2D eigenvalue weighted by atomic mass is 9.97. The number of benzene rings is 5. The summed E-state index contributed by atoms with van der Waals surface area (Å²) in [5.41, 5.74) is 7.02. The molecule has 1 heterocycles. The minimum atomic E-state index is 0.341. The second-order valence-electron chi connectivity index (χ2n) is 9.69. The van der Waals surface area contributed by atoms with E-state index in [1.54, 1.807) is 12.2 Å². The summed E-state index contributed by atoms with van der Waals surface area (Å²) in [6.07, 6.45) is 3.33. The summed E-state index contributed by atoms with van der Waals surface area (Å²) in [6, 6.07) is 45.4. The lowest BCUT2D eigenvalue weighted by molar-refractivity contribution is 1.07. The normalized spacial score (nSPS) is 11.0. The highest BCUT2D eigenvalue weighted by molar-refractivity contribution is 6.13. The number of allylic oxidation sites excluding steroid dienone is 2. The number of nitrogens with one attached hydrogen (secondary N) is 2. The molecule has 0 radical (unpaired) electrons. The average Bonchev–Trinajstić information content (AvgIpc) is 3.08. The third-order valence-electron chi connectivity index (χ3n) is 6.88. The van der Waals surface area contributed by atoms with Gasteiger partial charge in [0, 0.05) is 16.7 Å². The maximum absolute atomic E-state index is 8.54. The Bertz CT molecular complexity index is 1820. The van der Waals surface area contributed by atoms with Crippen molar-refractivity contribution in [1.82, 2.24) is 15.0 Å². The van der Waals surface area contributed by atoms with Crippen molar-refractivity contribution < 1.29 is 0 Å². The minimum Gasteiger partial charge on any atom is -0.300 e.